The van der Waals surface area contributed by atoms with Gasteiger partial charge in [0.15, 0.2) is 11.5 Å². The summed E-state index contributed by atoms with van der Waals surface area (Å²) in [6.07, 6.45) is 0. The summed E-state index contributed by atoms with van der Waals surface area (Å²) >= 11 is 0. The summed E-state index contributed by atoms with van der Waals surface area (Å²) in [6.45, 7) is -0.428. The molecular weight excluding hydrogens is 541 g/mol. The van der Waals surface area contributed by atoms with Crippen LogP contribution < -0.4 is 19.7 Å². The lowest BCUT2D eigenvalue weighted by Gasteiger charge is -2.33. The van der Waals surface area contributed by atoms with Crippen LogP contribution in [0.4, 0.5) is 15.8 Å². The van der Waals surface area contributed by atoms with Gasteiger partial charge in [0.25, 0.3) is 17.6 Å². The van der Waals surface area contributed by atoms with Crippen LogP contribution in [0.15, 0.2) is 97.1 Å². The number of carbonyl (C=O) groups is 4. The second kappa shape index (κ2) is 11.2. The molecule has 2 heterocycles. The minimum atomic E-state index is -1.23. The van der Waals surface area contributed by atoms with E-state index in [0.717, 1.165) is 10.5 Å². The molecule has 0 spiro atoms. The Hall–Kier alpha value is -5.51. The zero-order valence-corrected chi connectivity index (χ0v) is 22.2. The lowest BCUT2D eigenvalue weighted by molar-refractivity contribution is -0.139. The number of fused-ring (bicyclic) bond motifs is 2. The third-order valence-corrected chi connectivity index (χ3v) is 7.07. The fraction of sp³-hybridized carbons (Fsp3) is 0.125. The van der Waals surface area contributed by atoms with Gasteiger partial charge >= 0.3 is 0 Å². The molecule has 0 bridgehead atoms. The largest absolute Gasteiger partial charge is 0.454 e. The van der Waals surface area contributed by atoms with Crippen molar-refractivity contribution in [3.8, 4) is 11.5 Å². The molecule has 3 amide bonds. The van der Waals surface area contributed by atoms with Crippen LogP contribution in [0, 0.1) is 5.82 Å². The molecule has 0 fully saturated rings. The first-order chi connectivity index (χ1) is 20.4. The van der Waals surface area contributed by atoms with E-state index in [1.807, 2.05) is 6.07 Å². The van der Waals surface area contributed by atoms with E-state index in [4.69, 9.17) is 9.47 Å². The number of nitrogens with zero attached hydrogens (tertiary/aromatic N) is 2. The lowest BCUT2D eigenvalue weighted by atomic mass is 10.0. The summed E-state index contributed by atoms with van der Waals surface area (Å²) in [4.78, 5) is 56.0. The molecular formula is C32H24FN3O6. The third kappa shape index (κ3) is 5.17. The van der Waals surface area contributed by atoms with E-state index in [1.165, 1.54) is 35.2 Å². The minimum Gasteiger partial charge on any atom is -0.454 e. The number of ketones is 1. The van der Waals surface area contributed by atoms with Gasteiger partial charge in [-0.25, -0.2) is 4.39 Å². The fourth-order valence-corrected chi connectivity index (χ4v) is 5.04. The Morgan fingerprint density at radius 3 is 2.38 bits per heavy atom. The predicted octanol–water partition coefficient (Wildman–Crippen LogP) is 4.49. The number of halogens is 1. The summed E-state index contributed by atoms with van der Waals surface area (Å²) in [5.41, 5.74) is 2.00. The van der Waals surface area contributed by atoms with Gasteiger partial charge in [-0.2, -0.15) is 0 Å². The van der Waals surface area contributed by atoms with Crippen molar-refractivity contribution >= 4 is 34.9 Å². The maximum Gasteiger partial charge on any atom is 0.299 e. The van der Waals surface area contributed by atoms with Crippen molar-refractivity contribution in [2.75, 3.05) is 23.6 Å². The topological polar surface area (TPSA) is 105 Å². The highest BCUT2D eigenvalue weighted by Crippen LogP contribution is 2.35. The monoisotopic (exact) mass is 565 g/mol. The number of benzene rings is 4. The molecule has 1 atom stereocenters. The molecule has 4 aromatic carbocycles. The van der Waals surface area contributed by atoms with Crippen LogP contribution in [0.2, 0.25) is 0 Å². The molecule has 0 unspecified atom stereocenters. The van der Waals surface area contributed by atoms with Crippen molar-refractivity contribution in [1.29, 1.82) is 0 Å². The van der Waals surface area contributed by atoms with Gasteiger partial charge in [-0.05, 0) is 47.5 Å². The summed E-state index contributed by atoms with van der Waals surface area (Å²) in [6, 6.07) is 24.4. The Kier molecular flexibility index (Phi) is 7.10. The number of anilines is 2. The Balaban J connectivity index is 1.37. The molecule has 0 aromatic heterocycles. The van der Waals surface area contributed by atoms with Crippen LogP contribution in [-0.2, 0) is 20.9 Å². The molecule has 0 saturated heterocycles. The molecule has 2 aliphatic rings. The summed E-state index contributed by atoms with van der Waals surface area (Å²) in [7, 11) is 0. The van der Waals surface area contributed by atoms with Crippen LogP contribution in [0.5, 0.6) is 11.5 Å². The first kappa shape index (κ1) is 26.7. The second-order valence-electron chi connectivity index (χ2n) is 9.76. The van der Waals surface area contributed by atoms with E-state index in [0.29, 0.717) is 28.4 Å². The van der Waals surface area contributed by atoms with E-state index in [2.05, 4.69) is 5.32 Å². The lowest BCUT2D eigenvalue weighted by Crippen LogP contribution is -2.46. The average molecular weight is 566 g/mol. The molecule has 6 rings (SSSR count). The van der Waals surface area contributed by atoms with E-state index in [9.17, 15) is 23.6 Å². The number of nitrogens with one attached hydrogen (secondary N) is 1. The van der Waals surface area contributed by atoms with Gasteiger partial charge in [-0.3, -0.25) is 24.1 Å². The van der Waals surface area contributed by atoms with Crippen LogP contribution in [-0.4, -0.2) is 41.7 Å². The van der Waals surface area contributed by atoms with Crippen molar-refractivity contribution < 1.29 is 33.0 Å². The first-order valence-corrected chi connectivity index (χ1v) is 13.1. The number of ether oxygens (including phenoxy) is 2. The zero-order valence-electron chi connectivity index (χ0n) is 22.2. The smallest absolute Gasteiger partial charge is 0.299 e. The van der Waals surface area contributed by atoms with Gasteiger partial charge in [0.05, 0.1) is 11.3 Å². The molecule has 10 heteroatoms. The Morgan fingerprint density at radius 1 is 0.881 bits per heavy atom. The van der Waals surface area contributed by atoms with Crippen molar-refractivity contribution in [3.05, 3.63) is 120 Å². The summed E-state index contributed by atoms with van der Waals surface area (Å²) in [5.74, 6) is -2.21. The Labute approximate surface area is 240 Å². The van der Waals surface area contributed by atoms with E-state index in [1.54, 1.807) is 60.7 Å². The van der Waals surface area contributed by atoms with E-state index in [-0.39, 0.29) is 18.9 Å². The average Bonchev–Trinajstić information content (AvgIpc) is 3.56. The Morgan fingerprint density at radius 2 is 1.60 bits per heavy atom. The van der Waals surface area contributed by atoms with Crippen LogP contribution in [0.1, 0.15) is 27.5 Å². The summed E-state index contributed by atoms with van der Waals surface area (Å²) < 4.78 is 24.7. The fourth-order valence-electron chi connectivity index (χ4n) is 5.04. The van der Waals surface area contributed by atoms with Crippen molar-refractivity contribution in [1.82, 2.24) is 4.90 Å². The highest BCUT2D eigenvalue weighted by atomic mass is 19.1. The quantitative estimate of drug-likeness (QED) is 0.316. The summed E-state index contributed by atoms with van der Waals surface area (Å²) in [5, 5.41) is 2.83. The number of carbonyl (C=O) groups excluding carboxylic acids is 4. The molecule has 9 nitrogen and oxygen atoms in total. The van der Waals surface area contributed by atoms with Gasteiger partial charge in [0.1, 0.15) is 18.4 Å². The van der Waals surface area contributed by atoms with Crippen LogP contribution >= 0.6 is 0 Å². The van der Waals surface area contributed by atoms with Crippen molar-refractivity contribution in [3.63, 3.8) is 0 Å². The maximum atomic E-state index is 14.1. The minimum absolute atomic E-state index is 0.00605. The molecule has 2 aliphatic heterocycles. The number of hydrogen-bond donors (Lipinski definition) is 1. The van der Waals surface area contributed by atoms with E-state index >= 15 is 0 Å². The van der Waals surface area contributed by atoms with Crippen molar-refractivity contribution in [2.24, 2.45) is 0 Å². The maximum absolute atomic E-state index is 14.1. The van der Waals surface area contributed by atoms with Crippen LogP contribution in [0.25, 0.3) is 0 Å². The molecule has 42 heavy (non-hydrogen) atoms. The number of rotatable bonds is 8. The number of para-hydroxylation sites is 1. The zero-order chi connectivity index (χ0) is 29.2. The molecule has 0 aliphatic carbocycles. The normalized spacial score (nSPS) is 14.0. The number of hydrogen-bond acceptors (Lipinski definition) is 6. The number of Topliss-reactive ketones (excluding diaryl/α,β-unsaturated/α-hetero) is 1. The van der Waals surface area contributed by atoms with Crippen LogP contribution in [0.3, 0.4) is 0 Å². The molecule has 4 aromatic rings. The van der Waals surface area contributed by atoms with Gasteiger partial charge in [0.2, 0.25) is 12.7 Å². The highest BCUT2D eigenvalue weighted by molar-refractivity contribution is 6.52. The molecule has 0 radical (unpaired) electrons. The van der Waals surface area contributed by atoms with E-state index < -0.39 is 41.9 Å². The second-order valence-corrected chi connectivity index (χ2v) is 9.76. The van der Waals surface area contributed by atoms with Gasteiger partial charge in [-0.15, -0.1) is 0 Å². The molecule has 0 saturated carbocycles. The molecule has 1 N–H and O–H groups in total. The van der Waals surface area contributed by atoms with Crippen molar-refractivity contribution in [2.45, 2.75) is 12.6 Å². The van der Waals surface area contributed by atoms with Gasteiger partial charge < -0.3 is 19.7 Å². The standard InChI is InChI=1S/C32H24FN3O6/c33-22-12-10-21(11-13-22)29(31(39)34-23-14-15-26-27(16-23)42-19-41-26)36(17-20-6-2-1-3-7-20)28(37)18-35-25-9-5-4-8-24(25)30(38)32(35)40/h1-16,29H,17-19H2,(H,34,39)/t29-/m0/s1. The number of amides is 3. The molecule has 210 valence electrons. The van der Waals surface area contributed by atoms with Gasteiger partial charge in [0, 0.05) is 18.3 Å². The Bertz CT molecular complexity index is 1690. The predicted molar refractivity (Wildman–Crippen MR) is 150 cm³/mol. The van der Waals surface area contributed by atoms with Gasteiger partial charge in [-0.1, -0.05) is 54.6 Å². The highest BCUT2D eigenvalue weighted by Gasteiger charge is 2.39. The SMILES string of the molecule is O=C1C(=O)N(CC(=O)N(Cc2ccccc2)[C@H](C(=O)Nc2ccc3c(c2)OCO3)c2ccc(F)cc2)c2ccccc21. The first-order valence-electron chi connectivity index (χ1n) is 13.1. The third-order valence-electron chi connectivity index (χ3n) is 7.07.